The van der Waals surface area contributed by atoms with E-state index in [9.17, 15) is 13.2 Å². The number of carbonyl (C=O) groups is 1. The predicted molar refractivity (Wildman–Crippen MR) is 126 cm³/mol. The van der Waals surface area contributed by atoms with Crippen LogP contribution >= 0.6 is 23.2 Å². The molecule has 168 valence electrons. The number of hydrogen-bond donors (Lipinski definition) is 1. The van der Waals surface area contributed by atoms with Crippen molar-refractivity contribution in [3.8, 4) is 0 Å². The smallest absolute Gasteiger partial charge is 0.243 e. The largest absolute Gasteiger partial charge is 0.350 e. The molecule has 0 saturated carbocycles. The normalized spacial score (nSPS) is 15.6. The maximum Gasteiger partial charge on any atom is 0.243 e. The number of sulfonamides is 1. The molecule has 0 spiro atoms. The van der Waals surface area contributed by atoms with Gasteiger partial charge in [0.25, 0.3) is 0 Å². The van der Waals surface area contributed by atoms with Crippen molar-refractivity contribution >= 4 is 44.8 Å². The molecule has 0 aromatic heterocycles. The minimum atomic E-state index is -3.73. The lowest BCUT2D eigenvalue weighted by atomic mass is 10.1. The standard InChI is InChI=1S/C22H27Cl2N3O3S/c1-16(27(31(2,29)30)19-9-10-20(23)21(24)13-19)22(28)25-14-17-5-7-18(8-6-17)15-26-11-3-4-12-26/h5-10,13,16H,3-4,11-12,14-15H2,1-2H3,(H,25,28)/t16-/m0/s1. The second-order valence-electron chi connectivity index (χ2n) is 7.85. The molecule has 1 amide bonds. The maximum absolute atomic E-state index is 12.7. The van der Waals surface area contributed by atoms with E-state index in [-0.39, 0.29) is 10.7 Å². The molecule has 1 heterocycles. The lowest BCUT2D eigenvalue weighted by Crippen LogP contribution is -2.47. The highest BCUT2D eigenvalue weighted by molar-refractivity contribution is 7.92. The Balaban J connectivity index is 1.64. The van der Waals surface area contributed by atoms with E-state index >= 15 is 0 Å². The highest BCUT2D eigenvalue weighted by Gasteiger charge is 2.29. The Morgan fingerprint density at radius 1 is 1.06 bits per heavy atom. The summed E-state index contributed by atoms with van der Waals surface area (Å²) < 4.78 is 25.8. The van der Waals surface area contributed by atoms with E-state index in [1.807, 2.05) is 12.1 Å². The maximum atomic E-state index is 12.7. The average Bonchev–Trinajstić information content (AvgIpc) is 3.22. The summed E-state index contributed by atoms with van der Waals surface area (Å²) in [5.74, 6) is -0.405. The zero-order valence-electron chi connectivity index (χ0n) is 17.6. The summed E-state index contributed by atoms with van der Waals surface area (Å²) in [6.45, 7) is 5.08. The van der Waals surface area contributed by atoms with Crippen LogP contribution in [-0.4, -0.2) is 44.6 Å². The van der Waals surface area contributed by atoms with Crippen molar-refractivity contribution in [1.29, 1.82) is 0 Å². The second kappa shape index (κ2) is 10.2. The number of benzene rings is 2. The van der Waals surface area contributed by atoms with Crippen LogP contribution in [0.25, 0.3) is 0 Å². The second-order valence-corrected chi connectivity index (χ2v) is 10.5. The highest BCUT2D eigenvalue weighted by Crippen LogP contribution is 2.29. The molecule has 2 aromatic carbocycles. The summed E-state index contributed by atoms with van der Waals surface area (Å²) in [5, 5.41) is 3.35. The Morgan fingerprint density at radius 3 is 2.26 bits per heavy atom. The van der Waals surface area contributed by atoms with Crippen LogP contribution in [-0.2, 0) is 27.9 Å². The molecule has 1 saturated heterocycles. The number of anilines is 1. The van der Waals surface area contributed by atoms with Crippen LogP contribution in [0.5, 0.6) is 0 Å². The summed E-state index contributed by atoms with van der Waals surface area (Å²) in [5.41, 5.74) is 2.48. The third-order valence-corrected chi connectivity index (χ3v) is 7.32. The third-order valence-electron chi connectivity index (χ3n) is 5.34. The van der Waals surface area contributed by atoms with Gasteiger partial charge >= 0.3 is 0 Å². The van der Waals surface area contributed by atoms with Crippen LogP contribution < -0.4 is 9.62 Å². The number of rotatable bonds is 8. The minimum Gasteiger partial charge on any atom is -0.350 e. The molecular formula is C22H27Cl2N3O3S. The van der Waals surface area contributed by atoms with E-state index in [1.54, 1.807) is 0 Å². The van der Waals surface area contributed by atoms with Gasteiger partial charge in [-0.1, -0.05) is 47.5 Å². The molecule has 1 atom stereocenters. The van der Waals surface area contributed by atoms with Crippen molar-refractivity contribution in [2.45, 2.75) is 38.9 Å². The van der Waals surface area contributed by atoms with Crippen LogP contribution in [0.2, 0.25) is 10.0 Å². The first-order valence-electron chi connectivity index (χ1n) is 10.2. The SMILES string of the molecule is C[C@@H](C(=O)NCc1ccc(CN2CCCC2)cc1)N(c1ccc(Cl)c(Cl)c1)S(C)(=O)=O. The summed E-state index contributed by atoms with van der Waals surface area (Å²) in [6.07, 6.45) is 3.57. The first kappa shape index (κ1) is 23.9. The summed E-state index contributed by atoms with van der Waals surface area (Å²) >= 11 is 12.0. The van der Waals surface area contributed by atoms with Gasteiger partial charge in [0.2, 0.25) is 15.9 Å². The van der Waals surface area contributed by atoms with Gasteiger partial charge < -0.3 is 5.32 Å². The molecule has 0 radical (unpaired) electrons. The number of nitrogens with zero attached hydrogens (tertiary/aromatic N) is 2. The van der Waals surface area contributed by atoms with Crippen molar-refractivity contribution in [3.05, 3.63) is 63.6 Å². The first-order valence-corrected chi connectivity index (χ1v) is 12.8. The molecule has 0 bridgehead atoms. The van der Waals surface area contributed by atoms with Crippen LogP contribution in [0.15, 0.2) is 42.5 Å². The summed E-state index contributed by atoms with van der Waals surface area (Å²) in [4.78, 5) is 15.2. The van der Waals surface area contributed by atoms with E-state index in [0.29, 0.717) is 11.6 Å². The molecule has 1 aliphatic rings. The van der Waals surface area contributed by atoms with Crippen LogP contribution in [0.4, 0.5) is 5.69 Å². The number of hydrogen-bond acceptors (Lipinski definition) is 4. The van der Waals surface area contributed by atoms with Gasteiger partial charge in [0.05, 0.1) is 22.0 Å². The quantitative estimate of drug-likeness (QED) is 0.614. The molecule has 6 nitrogen and oxygen atoms in total. The van der Waals surface area contributed by atoms with E-state index in [2.05, 4.69) is 22.3 Å². The minimum absolute atomic E-state index is 0.217. The lowest BCUT2D eigenvalue weighted by molar-refractivity contribution is -0.122. The number of amides is 1. The Hall–Kier alpha value is -1.80. The van der Waals surface area contributed by atoms with E-state index in [1.165, 1.54) is 43.5 Å². The molecule has 1 N–H and O–H groups in total. The number of halogens is 2. The Morgan fingerprint density at radius 2 is 1.68 bits per heavy atom. The summed E-state index contributed by atoms with van der Waals surface area (Å²) in [7, 11) is -3.73. The summed E-state index contributed by atoms with van der Waals surface area (Å²) in [6, 6.07) is 11.6. The zero-order valence-corrected chi connectivity index (χ0v) is 20.0. The monoisotopic (exact) mass is 483 g/mol. The predicted octanol–water partition coefficient (Wildman–Crippen LogP) is 4.06. The number of likely N-dealkylation sites (tertiary alicyclic amines) is 1. The van der Waals surface area contributed by atoms with Crippen LogP contribution in [0.3, 0.4) is 0 Å². The van der Waals surface area contributed by atoms with Crippen LogP contribution in [0, 0.1) is 0 Å². The van der Waals surface area contributed by atoms with Gasteiger partial charge in [-0.15, -0.1) is 0 Å². The Kier molecular flexibility index (Phi) is 7.86. The van der Waals surface area contributed by atoms with Gasteiger partial charge in [-0.25, -0.2) is 8.42 Å². The molecule has 9 heteroatoms. The molecule has 1 aliphatic heterocycles. The van der Waals surface area contributed by atoms with E-state index in [4.69, 9.17) is 23.2 Å². The average molecular weight is 484 g/mol. The highest BCUT2D eigenvalue weighted by atomic mass is 35.5. The van der Waals surface area contributed by atoms with Crippen molar-refractivity contribution < 1.29 is 13.2 Å². The van der Waals surface area contributed by atoms with Crippen molar-refractivity contribution in [3.63, 3.8) is 0 Å². The third kappa shape index (κ3) is 6.35. The van der Waals surface area contributed by atoms with Gasteiger partial charge in [-0.05, 0) is 62.2 Å². The molecule has 0 aliphatic carbocycles. The topological polar surface area (TPSA) is 69.7 Å². The fraction of sp³-hybridized carbons (Fsp3) is 0.409. The van der Waals surface area contributed by atoms with Gasteiger partial charge in [0.1, 0.15) is 6.04 Å². The molecule has 3 rings (SSSR count). The fourth-order valence-electron chi connectivity index (χ4n) is 3.73. The number of nitrogens with one attached hydrogen (secondary N) is 1. The van der Waals surface area contributed by atoms with Crippen LogP contribution in [0.1, 0.15) is 30.9 Å². The van der Waals surface area contributed by atoms with Crippen molar-refractivity contribution in [1.82, 2.24) is 10.2 Å². The number of carbonyl (C=O) groups excluding carboxylic acids is 1. The molecule has 1 fully saturated rings. The van der Waals surface area contributed by atoms with Gasteiger partial charge in [-0.3, -0.25) is 14.0 Å². The molecule has 0 unspecified atom stereocenters. The van der Waals surface area contributed by atoms with Gasteiger partial charge in [0.15, 0.2) is 0 Å². The van der Waals surface area contributed by atoms with E-state index in [0.717, 1.165) is 35.8 Å². The van der Waals surface area contributed by atoms with Gasteiger partial charge in [-0.2, -0.15) is 0 Å². The van der Waals surface area contributed by atoms with E-state index < -0.39 is 22.0 Å². The molecule has 2 aromatic rings. The Bertz CT molecular complexity index is 1020. The van der Waals surface area contributed by atoms with Crippen molar-refractivity contribution in [2.75, 3.05) is 23.7 Å². The first-order chi connectivity index (χ1) is 14.6. The Labute approximate surface area is 194 Å². The fourth-order valence-corrected chi connectivity index (χ4v) is 5.19. The van der Waals surface area contributed by atoms with Crippen molar-refractivity contribution in [2.24, 2.45) is 0 Å². The zero-order chi connectivity index (χ0) is 22.6. The van der Waals surface area contributed by atoms with Gasteiger partial charge in [0, 0.05) is 13.1 Å². The molecule has 31 heavy (non-hydrogen) atoms. The lowest BCUT2D eigenvalue weighted by Gasteiger charge is -2.28. The molecular weight excluding hydrogens is 457 g/mol.